The molecule has 0 aliphatic carbocycles. The first kappa shape index (κ1) is 13.3. The molecule has 0 amide bonds. The summed E-state index contributed by atoms with van der Waals surface area (Å²) >= 11 is 0. The molecular formula is C14H24N4. The highest BCUT2D eigenvalue weighted by Gasteiger charge is 2.19. The maximum Gasteiger partial charge on any atom is 0.156 e. The third-order valence-corrected chi connectivity index (χ3v) is 4.08. The monoisotopic (exact) mass is 248 g/mol. The van der Waals surface area contributed by atoms with Gasteiger partial charge in [-0.1, -0.05) is 6.92 Å². The average molecular weight is 248 g/mol. The van der Waals surface area contributed by atoms with Crippen LogP contribution < -0.4 is 10.6 Å². The van der Waals surface area contributed by atoms with Crippen molar-refractivity contribution in [1.29, 1.82) is 0 Å². The summed E-state index contributed by atoms with van der Waals surface area (Å²) in [4.78, 5) is 2.37. The first-order chi connectivity index (χ1) is 8.63. The lowest BCUT2D eigenvalue weighted by molar-refractivity contribution is 0.521. The Bertz CT molecular complexity index is 417. The molecule has 0 bridgehead atoms. The van der Waals surface area contributed by atoms with Gasteiger partial charge in [0, 0.05) is 25.2 Å². The first-order valence-corrected chi connectivity index (χ1v) is 6.91. The molecule has 1 saturated heterocycles. The Balaban J connectivity index is 2.29. The number of aryl methyl sites for hydroxylation is 1. The SMILES string of the molecule is Cc1nnc(N2CCCC(C)CC2)c(CN)c1C. The molecule has 1 aliphatic rings. The Morgan fingerprint density at radius 3 is 2.72 bits per heavy atom. The third kappa shape index (κ3) is 2.64. The summed E-state index contributed by atoms with van der Waals surface area (Å²) in [5, 5.41) is 8.66. The number of anilines is 1. The number of hydrogen-bond acceptors (Lipinski definition) is 4. The second-order valence-corrected chi connectivity index (χ2v) is 5.44. The Labute approximate surface area is 110 Å². The maximum atomic E-state index is 5.90. The molecule has 0 saturated carbocycles. The summed E-state index contributed by atoms with van der Waals surface area (Å²) in [6, 6.07) is 0. The van der Waals surface area contributed by atoms with Gasteiger partial charge < -0.3 is 10.6 Å². The Morgan fingerprint density at radius 1 is 1.22 bits per heavy atom. The van der Waals surface area contributed by atoms with E-state index in [1.807, 2.05) is 6.92 Å². The summed E-state index contributed by atoms with van der Waals surface area (Å²) in [5.74, 6) is 1.82. The molecule has 18 heavy (non-hydrogen) atoms. The van der Waals surface area contributed by atoms with Crippen LogP contribution >= 0.6 is 0 Å². The highest BCUT2D eigenvalue weighted by Crippen LogP contribution is 2.25. The fourth-order valence-electron chi connectivity index (χ4n) is 2.62. The van der Waals surface area contributed by atoms with Crippen LogP contribution in [0.2, 0.25) is 0 Å². The van der Waals surface area contributed by atoms with E-state index in [4.69, 9.17) is 5.73 Å². The van der Waals surface area contributed by atoms with Crippen molar-refractivity contribution in [1.82, 2.24) is 10.2 Å². The van der Waals surface area contributed by atoms with Gasteiger partial charge in [-0.05, 0) is 44.6 Å². The molecule has 1 fully saturated rings. The number of nitrogens with two attached hydrogens (primary N) is 1. The van der Waals surface area contributed by atoms with Crippen LogP contribution in [0.1, 0.15) is 43.0 Å². The van der Waals surface area contributed by atoms with E-state index in [-0.39, 0.29) is 0 Å². The molecular weight excluding hydrogens is 224 g/mol. The lowest BCUT2D eigenvalue weighted by atomic mass is 10.0. The molecule has 1 aromatic rings. The second-order valence-electron chi connectivity index (χ2n) is 5.44. The predicted molar refractivity (Wildman–Crippen MR) is 74.6 cm³/mol. The predicted octanol–water partition coefficient (Wildman–Crippen LogP) is 2.18. The van der Waals surface area contributed by atoms with Gasteiger partial charge in [-0.25, -0.2) is 0 Å². The molecule has 2 heterocycles. The summed E-state index contributed by atoms with van der Waals surface area (Å²) in [7, 11) is 0. The second kappa shape index (κ2) is 5.65. The highest BCUT2D eigenvalue weighted by molar-refractivity contribution is 5.50. The zero-order chi connectivity index (χ0) is 13.1. The fraction of sp³-hybridized carbons (Fsp3) is 0.714. The minimum absolute atomic E-state index is 0.545. The van der Waals surface area contributed by atoms with Gasteiger partial charge in [0.1, 0.15) is 0 Å². The van der Waals surface area contributed by atoms with Crippen molar-refractivity contribution < 1.29 is 0 Å². The van der Waals surface area contributed by atoms with E-state index in [1.165, 1.54) is 24.8 Å². The van der Waals surface area contributed by atoms with E-state index in [0.717, 1.165) is 36.1 Å². The van der Waals surface area contributed by atoms with Gasteiger partial charge in [-0.2, -0.15) is 5.10 Å². The molecule has 1 unspecified atom stereocenters. The Morgan fingerprint density at radius 2 is 2.00 bits per heavy atom. The molecule has 1 atom stereocenters. The van der Waals surface area contributed by atoms with E-state index < -0.39 is 0 Å². The summed E-state index contributed by atoms with van der Waals surface area (Å²) in [5.41, 5.74) is 9.25. The van der Waals surface area contributed by atoms with E-state index in [1.54, 1.807) is 0 Å². The van der Waals surface area contributed by atoms with E-state index in [0.29, 0.717) is 6.54 Å². The minimum atomic E-state index is 0.545. The van der Waals surface area contributed by atoms with Crippen LogP contribution in [0.4, 0.5) is 5.82 Å². The van der Waals surface area contributed by atoms with E-state index in [9.17, 15) is 0 Å². The quantitative estimate of drug-likeness (QED) is 0.871. The van der Waals surface area contributed by atoms with Crippen molar-refractivity contribution in [2.45, 2.75) is 46.6 Å². The van der Waals surface area contributed by atoms with Crippen LogP contribution in [-0.4, -0.2) is 23.3 Å². The van der Waals surface area contributed by atoms with Crippen molar-refractivity contribution in [2.24, 2.45) is 11.7 Å². The van der Waals surface area contributed by atoms with Crippen LogP contribution in [0.5, 0.6) is 0 Å². The van der Waals surface area contributed by atoms with Crippen molar-refractivity contribution in [2.75, 3.05) is 18.0 Å². The van der Waals surface area contributed by atoms with Gasteiger partial charge in [-0.15, -0.1) is 5.10 Å². The van der Waals surface area contributed by atoms with Gasteiger partial charge in [0.15, 0.2) is 5.82 Å². The lowest BCUT2D eigenvalue weighted by Gasteiger charge is -2.24. The largest absolute Gasteiger partial charge is 0.355 e. The van der Waals surface area contributed by atoms with Gasteiger partial charge in [0.2, 0.25) is 0 Å². The number of rotatable bonds is 2. The number of hydrogen-bond donors (Lipinski definition) is 1. The molecule has 0 radical (unpaired) electrons. The van der Waals surface area contributed by atoms with E-state index in [2.05, 4.69) is 28.9 Å². The van der Waals surface area contributed by atoms with Crippen molar-refractivity contribution in [3.8, 4) is 0 Å². The van der Waals surface area contributed by atoms with Crippen LogP contribution in [0.25, 0.3) is 0 Å². The van der Waals surface area contributed by atoms with Gasteiger partial charge >= 0.3 is 0 Å². The molecule has 2 rings (SSSR count). The van der Waals surface area contributed by atoms with Crippen LogP contribution in [0.3, 0.4) is 0 Å². The van der Waals surface area contributed by atoms with Gasteiger partial charge in [-0.3, -0.25) is 0 Å². The molecule has 0 aromatic carbocycles. The topological polar surface area (TPSA) is 55.0 Å². The summed E-state index contributed by atoms with van der Waals surface area (Å²) in [6.07, 6.45) is 3.78. The molecule has 1 aliphatic heterocycles. The Kier molecular flexibility index (Phi) is 4.17. The minimum Gasteiger partial charge on any atom is -0.355 e. The van der Waals surface area contributed by atoms with Gasteiger partial charge in [0.25, 0.3) is 0 Å². The highest BCUT2D eigenvalue weighted by atomic mass is 15.3. The smallest absolute Gasteiger partial charge is 0.156 e. The van der Waals surface area contributed by atoms with Crippen LogP contribution in [0, 0.1) is 19.8 Å². The lowest BCUT2D eigenvalue weighted by Crippen LogP contribution is -2.28. The maximum absolute atomic E-state index is 5.90. The average Bonchev–Trinajstić information content (AvgIpc) is 2.57. The molecule has 4 heteroatoms. The molecule has 4 nitrogen and oxygen atoms in total. The fourth-order valence-corrected chi connectivity index (χ4v) is 2.62. The van der Waals surface area contributed by atoms with Crippen molar-refractivity contribution in [3.63, 3.8) is 0 Å². The first-order valence-electron chi connectivity index (χ1n) is 6.91. The zero-order valence-electron chi connectivity index (χ0n) is 11.7. The summed E-state index contributed by atoms with van der Waals surface area (Å²) in [6.45, 7) is 9.12. The zero-order valence-corrected chi connectivity index (χ0v) is 11.7. The van der Waals surface area contributed by atoms with Crippen LogP contribution in [0.15, 0.2) is 0 Å². The number of aromatic nitrogens is 2. The summed E-state index contributed by atoms with van der Waals surface area (Å²) < 4.78 is 0. The van der Waals surface area contributed by atoms with Crippen LogP contribution in [-0.2, 0) is 6.54 Å². The van der Waals surface area contributed by atoms with E-state index >= 15 is 0 Å². The van der Waals surface area contributed by atoms with Crippen molar-refractivity contribution >= 4 is 5.82 Å². The third-order valence-electron chi connectivity index (χ3n) is 4.08. The molecule has 1 aromatic heterocycles. The number of nitrogens with zero attached hydrogens (tertiary/aromatic N) is 3. The Hall–Kier alpha value is -1.16. The molecule has 2 N–H and O–H groups in total. The molecule has 0 spiro atoms. The van der Waals surface area contributed by atoms with Gasteiger partial charge in [0.05, 0.1) is 5.69 Å². The molecule has 100 valence electrons. The van der Waals surface area contributed by atoms with Crippen molar-refractivity contribution in [3.05, 3.63) is 16.8 Å². The standard InChI is InChI=1S/C14H24N4/c1-10-5-4-7-18(8-6-10)14-13(9-15)11(2)12(3)16-17-14/h10H,4-9,15H2,1-3H3. The normalized spacial score (nSPS) is 20.9.